The second kappa shape index (κ2) is 4.09. The zero-order chi connectivity index (χ0) is 7.49. The summed E-state index contributed by atoms with van der Waals surface area (Å²) in [5.74, 6) is 0. The molecule has 0 saturated carbocycles. The fraction of sp³-hybridized carbons (Fsp3) is 1.00. The molecule has 0 aliphatic carbocycles. The van der Waals surface area contributed by atoms with Crippen molar-refractivity contribution in [2.75, 3.05) is 6.61 Å². The van der Waals surface area contributed by atoms with E-state index in [0.717, 1.165) is 0 Å². The summed E-state index contributed by atoms with van der Waals surface area (Å²) in [6.45, 7) is -0.0674. The highest BCUT2D eigenvalue weighted by Crippen LogP contribution is 2.35. The van der Waals surface area contributed by atoms with Gasteiger partial charge in [-0.25, -0.2) is 0 Å². The van der Waals surface area contributed by atoms with Crippen LogP contribution in [0.15, 0.2) is 0 Å². The highest BCUT2D eigenvalue weighted by atomic mass is 35.6. The lowest BCUT2D eigenvalue weighted by molar-refractivity contribution is 0.286. The van der Waals surface area contributed by atoms with E-state index in [-0.39, 0.29) is 13.0 Å². The van der Waals surface area contributed by atoms with Gasteiger partial charge in [0.25, 0.3) is 0 Å². The zero-order valence-electron chi connectivity index (χ0n) is 4.45. The van der Waals surface area contributed by atoms with Crippen LogP contribution in [0.3, 0.4) is 0 Å². The van der Waals surface area contributed by atoms with E-state index in [2.05, 4.69) is 0 Å². The minimum atomic E-state index is -1.47. The number of aliphatic hydroxyl groups excluding tert-OH is 1. The van der Waals surface area contributed by atoms with E-state index in [4.69, 9.17) is 51.5 Å². The van der Waals surface area contributed by atoms with Crippen molar-refractivity contribution in [1.29, 1.82) is 0 Å². The van der Waals surface area contributed by atoms with Crippen LogP contribution in [-0.4, -0.2) is 20.9 Å². The lowest BCUT2D eigenvalue weighted by Gasteiger charge is -2.15. The lowest BCUT2D eigenvalue weighted by Crippen LogP contribution is -2.20. The van der Waals surface area contributed by atoms with Crippen LogP contribution < -0.4 is 0 Å². The molecule has 0 saturated heterocycles. The second-order valence-corrected chi connectivity index (χ2v) is 4.42. The summed E-state index contributed by atoms with van der Waals surface area (Å²) in [5.41, 5.74) is 0. The average molecular weight is 212 g/mol. The maximum absolute atomic E-state index is 8.34. The Hall–Kier alpha value is 1.12. The number of aliphatic hydroxyl groups is 1. The molecule has 56 valence electrons. The number of alkyl halides is 4. The van der Waals surface area contributed by atoms with Gasteiger partial charge in [0, 0.05) is 6.61 Å². The molecule has 0 aliphatic heterocycles. The third-order valence-corrected chi connectivity index (χ3v) is 2.41. The van der Waals surface area contributed by atoms with E-state index >= 15 is 0 Å². The predicted octanol–water partition coefficient (Wildman–Crippen LogP) is 2.35. The van der Waals surface area contributed by atoms with E-state index in [9.17, 15) is 0 Å². The van der Waals surface area contributed by atoms with Gasteiger partial charge in [-0.05, 0) is 6.42 Å². The van der Waals surface area contributed by atoms with E-state index in [1.54, 1.807) is 0 Å². The van der Waals surface area contributed by atoms with Gasteiger partial charge in [0.15, 0.2) is 0 Å². The topological polar surface area (TPSA) is 20.2 Å². The van der Waals surface area contributed by atoms with Crippen LogP contribution in [-0.2, 0) is 0 Å². The van der Waals surface area contributed by atoms with Gasteiger partial charge in [0.2, 0.25) is 3.79 Å². The largest absolute Gasteiger partial charge is 0.396 e. The summed E-state index contributed by atoms with van der Waals surface area (Å²) in [6, 6.07) is 0. The smallest absolute Gasteiger partial charge is 0.206 e. The van der Waals surface area contributed by atoms with Crippen LogP contribution in [0.5, 0.6) is 0 Å². The molecule has 0 amide bonds. The maximum atomic E-state index is 8.34. The van der Waals surface area contributed by atoms with Gasteiger partial charge in [-0.1, -0.05) is 34.8 Å². The summed E-state index contributed by atoms with van der Waals surface area (Å²) in [7, 11) is 0. The van der Waals surface area contributed by atoms with Crippen molar-refractivity contribution >= 4 is 46.4 Å². The van der Waals surface area contributed by atoms with Crippen molar-refractivity contribution in [2.45, 2.75) is 15.6 Å². The minimum Gasteiger partial charge on any atom is -0.396 e. The molecule has 1 N–H and O–H groups in total. The van der Waals surface area contributed by atoms with Crippen LogP contribution >= 0.6 is 46.4 Å². The van der Waals surface area contributed by atoms with Gasteiger partial charge in [0.1, 0.15) is 0 Å². The molecule has 0 aromatic heterocycles. The molecule has 0 bridgehead atoms. The number of halogens is 4. The Morgan fingerprint density at radius 1 is 1.33 bits per heavy atom. The molecule has 0 aromatic carbocycles. The first-order valence-electron chi connectivity index (χ1n) is 2.30. The Balaban J connectivity index is 3.59. The third-order valence-electron chi connectivity index (χ3n) is 0.738. The molecule has 0 rings (SSSR count). The summed E-state index contributed by atoms with van der Waals surface area (Å²) >= 11 is 21.6. The maximum Gasteiger partial charge on any atom is 0.206 e. The first kappa shape index (κ1) is 10.1. The van der Waals surface area contributed by atoms with Crippen molar-refractivity contribution in [3.63, 3.8) is 0 Å². The quantitative estimate of drug-likeness (QED) is 0.696. The zero-order valence-corrected chi connectivity index (χ0v) is 7.47. The molecular formula is C4H6Cl4O. The van der Waals surface area contributed by atoms with Gasteiger partial charge < -0.3 is 5.11 Å². The second-order valence-electron chi connectivity index (χ2n) is 1.52. The molecule has 1 unspecified atom stereocenters. The molecule has 0 fully saturated rings. The SMILES string of the molecule is OCCC(Cl)C(Cl)(Cl)Cl. The predicted molar refractivity (Wildman–Crippen MR) is 41.6 cm³/mol. The monoisotopic (exact) mass is 210 g/mol. The molecule has 9 heavy (non-hydrogen) atoms. The van der Waals surface area contributed by atoms with Crippen LogP contribution in [0.2, 0.25) is 0 Å². The van der Waals surface area contributed by atoms with E-state index in [0.29, 0.717) is 0 Å². The van der Waals surface area contributed by atoms with E-state index in [1.165, 1.54) is 0 Å². The number of hydrogen-bond donors (Lipinski definition) is 1. The Bertz CT molecular complexity index is 79.1. The highest BCUT2D eigenvalue weighted by Gasteiger charge is 2.29. The molecular weight excluding hydrogens is 206 g/mol. The summed E-state index contributed by atoms with van der Waals surface area (Å²) < 4.78 is -1.47. The summed E-state index contributed by atoms with van der Waals surface area (Å²) in [6.07, 6.45) is 0.290. The number of rotatable bonds is 2. The van der Waals surface area contributed by atoms with Crippen molar-refractivity contribution in [3.05, 3.63) is 0 Å². The molecule has 1 nitrogen and oxygen atoms in total. The van der Waals surface area contributed by atoms with E-state index < -0.39 is 9.17 Å². The fourth-order valence-corrected chi connectivity index (χ4v) is 0.702. The molecule has 0 aromatic rings. The van der Waals surface area contributed by atoms with Gasteiger partial charge in [0.05, 0.1) is 5.38 Å². The van der Waals surface area contributed by atoms with Crippen LogP contribution in [0, 0.1) is 0 Å². The van der Waals surface area contributed by atoms with Crippen molar-refractivity contribution < 1.29 is 5.11 Å². The van der Waals surface area contributed by atoms with Crippen molar-refractivity contribution in [1.82, 2.24) is 0 Å². The Morgan fingerprint density at radius 3 is 1.89 bits per heavy atom. The molecule has 0 aliphatic rings. The Labute approximate surface area is 73.8 Å². The first-order chi connectivity index (χ1) is 3.98. The molecule has 0 radical (unpaired) electrons. The lowest BCUT2D eigenvalue weighted by atomic mass is 10.3. The normalized spacial score (nSPS) is 15.7. The van der Waals surface area contributed by atoms with Crippen LogP contribution in [0.4, 0.5) is 0 Å². The van der Waals surface area contributed by atoms with Gasteiger partial charge in [-0.2, -0.15) is 0 Å². The Morgan fingerprint density at radius 2 is 1.78 bits per heavy atom. The number of hydrogen-bond acceptors (Lipinski definition) is 1. The van der Waals surface area contributed by atoms with Crippen LogP contribution in [0.25, 0.3) is 0 Å². The van der Waals surface area contributed by atoms with Crippen molar-refractivity contribution in [3.8, 4) is 0 Å². The van der Waals surface area contributed by atoms with Gasteiger partial charge in [-0.15, -0.1) is 11.6 Å². The third kappa shape index (κ3) is 4.51. The van der Waals surface area contributed by atoms with Gasteiger partial charge in [-0.3, -0.25) is 0 Å². The summed E-state index contributed by atoms with van der Waals surface area (Å²) in [5, 5.41) is 7.72. The standard InChI is InChI=1S/C4H6Cl4O/c5-3(1-2-9)4(6,7)8/h3,9H,1-2H2. The first-order valence-corrected chi connectivity index (χ1v) is 3.87. The van der Waals surface area contributed by atoms with E-state index in [1.807, 2.05) is 0 Å². The molecule has 1 atom stereocenters. The fourth-order valence-electron chi connectivity index (χ4n) is 0.277. The molecule has 0 spiro atoms. The van der Waals surface area contributed by atoms with Crippen LogP contribution in [0.1, 0.15) is 6.42 Å². The highest BCUT2D eigenvalue weighted by molar-refractivity contribution is 6.70. The molecule has 5 heteroatoms. The minimum absolute atomic E-state index is 0.0674. The summed E-state index contributed by atoms with van der Waals surface area (Å²) in [4.78, 5) is 0. The van der Waals surface area contributed by atoms with Gasteiger partial charge >= 0.3 is 0 Å². The Kier molecular flexibility index (Phi) is 4.60. The average Bonchev–Trinajstić information content (AvgIpc) is 1.64. The molecule has 0 heterocycles. The van der Waals surface area contributed by atoms with Crippen molar-refractivity contribution in [2.24, 2.45) is 0 Å².